The molecule has 0 atom stereocenters. The Bertz CT molecular complexity index is 497. The van der Waals surface area contributed by atoms with Gasteiger partial charge in [0.25, 0.3) is 0 Å². The molecule has 0 amide bonds. The van der Waals surface area contributed by atoms with E-state index >= 15 is 0 Å². The Kier molecular flexibility index (Phi) is 2.98. The molecule has 0 unspecified atom stereocenters. The van der Waals surface area contributed by atoms with E-state index in [1.165, 1.54) is 0 Å². The number of benzene rings is 2. The average Bonchev–Trinajstić information content (AvgIpc) is 2.23. The molecule has 0 aliphatic carbocycles. The Balaban J connectivity index is 2.55. The maximum atomic E-state index is 6.03. The minimum atomic E-state index is 0.691. The fourth-order valence-electron chi connectivity index (χ4n) is 1.42. The van der Waals surface area contributed by atoms with E-state index in [9.17, 15) is 0 Å². The van der Waals surface area contributed by atoms with Crippen molar-refractivity contribution < 1.29 is 0 Å². The molecule has 2 aromatic rings. The van der Waals surface area contributed by atoms with Crippen LogP contribution in [0.4, 0.5) is 5.69 Å². The highest BCUT2D eigenvalue weighted by atomic mass is 79.9. The van der Waals surface area contributed by atoms with Crippen molar-refractivity contribution in [3.63, 3.8) is 0 Å². The summed E-state index contributed by atoms with van der Waals surface area (Å²) >= 11 is 9.39. The number of halogens is 2. The van der Waals surface area contributed by atoms with E-state index < -0.39 is 0 Å². The molecule has 0 saturated heterocycles. The smallest absolute Gasteiger partial charge is 0.0554 e. The SMILES string of the molecule is Nc1ccccc1-c1ccc(Br)c(Cl)c1. The standard InChI is InChI=1S/C12H9BrClN/c13-10-6-5-8(7-11(10)14)9-3-1-2-4-12(9)15/h1-7H,15H2. The molecule has 2 rings (SSSR count). The molecule has 0 saturated carbocycles. The van der Waals surface area contributed by atoms with E-state index in [0.717, 1.165) is 21.3 Å². The Hall–Kier alpha value is -0.990. The largest absolute Gasteiger partial charge is 0.398 e. The van der Waals surface area contributed by atoms with Crippen molar-refractivity contribution in [1.82, 2.24) is 0 Å². The van der Waals surface area contributed by atoms with Gasteiger partial charge in [0.15, 0.2) is 0 Å². The van der Waals surface area contributed by atoms with Crippen LogP contribution in [-0.4, -0.2) is 0 Å². The van der Waals surface area contributed by atoms with Crippen molar-refractivity contribution in [3.8, 4) is 11.1 Å². The van der Waals surface area contributed by atoms with E-state index in [-0.39, 0.29) is 0 Å². The van der Waals surface area contributed by atoms with E-state index in [4.69, 9.17) is 17.3 Å². The molecule has 0 aliphatic rings. The fourth-order valence-corrected chi connectivity index (χ4v) is 1.85. The number of hydrogen-bond donors (Lipinski definition) is 1. The van der Waals surface area contributed by atoms with Crippen molar-refractivity contribution >= 4 is 33.2 Å². The maximum absolute atomic E-state index is 6.03. The van der Waals surface area contributed by atoms with Gasteiger partial charge in [0, 0.05) is 15.7 Å². The average molecular weight is 283 g/mol. The van der Waals surface area contributed by atoms with Crippen molar-refractivity contribution in [3.05, 3.63) is 52.0 Å². The van der Waals surface area contributed by atoms with Crippen molar-refractivity contribution in [1.29, 1.82) is 0 Å². The van der Waals surface area contributed by atoms with Crippen LogP contribution in [0.25, 0.3) is 11.1 Å². The minimum absolute atomic E-state index is 0.691. The topological polar surface area (TPSA) is 26.0 Å². The van der Waals surface area contributed by atoms with Crippen LogP contribution in [0.2, 0.25) is 5.02 Å². The summed E-state index contributed by atoms with van der Waals surface area (Å²) in [6.45, 7) is 0. The van der Waals surface area contributed by atoms with Gasteiger partial charge < -0.3 is 5.73 Å². The molecular formula is C12H9BrClN. The summed E-state index contributed by atoms with van der Waals surface area (Å²) in [6.07, 6.45) is 0. The fraction of sp³-hybridized carbons (Fsp3) is 0. The molecule has 2 aromatic carbocycles. The lowest BCUT2D eigenvalue weighted by Gasteiger charge is -2.06. The predicted octanol–water partition coefficient (Wildman–Crippen LogP) is 4.35. The van der Waals surface area contributed by atoms with Gasteiger partial charge in [0.1, 0.15) is 0 Å². The summed E-state index contributed by atoms with van der Waals surface area (Å²) in [5, 5.41) is 0.691. The molecule has 0 fully saturated rings. The lowest BCUT2D eigenvalue weighted by Crippen LogP contribution is -1.88. The van der Waals surface area contributed by atoms with Gasteiger partial charge in [-0.2, -0.15) is 0 Å². The molecule has 0 radical (unpaired) electrons. The maximum Gasteiger partial charge on any atom is 0.0554 e. The molecule has 0 aliphatic heterocycles. The molecule has 76 valence electrons. The van der Waals surface area contributed by atoms with Crippen LogP contribution in [0, 0.1) is 0 Å². The van der Waals surface area contributed by atoms with Gasteiger partial charge in [0.05, 0.1) is 5.02 Å². The lowest BCUT2D eigenvalue weighted by atomic mass is 10.0. The Morgan fingerprint density at radius 2 is 1.80 bits per heavy atom. The van der Waals surface area contributed by atoms with Gasteiger partial charge in [-0.25, -0.2) is 0 Å². The Labute approximate surface area is 102 Å². The zero-order valence-corrected chi connectivity index (χ0v) is 10.2. The van der Waals surface area contributed by atoms with Gasteiger partial charge in [-0.05, 0) is 39.7 Å². The number of rotatable bonds is 1. The van der Waals surface area contributed by atoms with Gasteiger partial charge in [-0.15, -0.1) is 0 Å². The van der Waals surface area contributed by atoms with Crippen molar-refractivity contribution in [2.24, 2.45) is 0 Å². The zero-order valence-electron chi connectivity index (χ0n) is 7.87. The summed E-state index contributed by atoms with van der Waals surface area (Å²) in [5.41, 5.74) is 8.68. The second-order valence-corrected chi connectivity index (χ2v) is 4.48. The second-order valence-electron chi connectivity index (χ2n) is 3.22. The first-order valence-corrected chi connectivity index (χ1v) is 5.65. The van der Waals surface area contributed by atoms with Gasteiger partial charge in [0.2, 0.25) is 0 Å². The normalized spacial score (nSPS) is 10.3. The first-order chi connectivity index (χ1) is 7.18. The van der Waals surface area contributed by atoms with Crippen LogP contribution in [0.5, 0.6) is 0 Å². The number of hydrogen-bond acceptors (Lipinski definition) is 1. The quantitative estimate of drug-likeness (QED) is 0.773. The van der Waals surface area contributed by atoms with E-state index in [0.29, 0.717) is 5.02 Å². The van der Waals surface area contributed by atoms with Gasteiger partial charge >= 0.3 is 0 Å². The van der Waals surface area contributed by atoms with Crippen LogP contribution in [0.3, 0.4) is 0 Å². The molecule has 0 bridgehead atoms. The second kappa shape index (κ2) is 4.25. The van der Waals surface area contributed by atoms with Gasteiger partial charge in [-0.1, -0.05) is 35.9 Å². The summed E-state index contributed by atoms with van der Waals surface area (Å²) in [5.74, 6) is 0. The number of anilines is 1. The third-order valence-corrected chi connectivity index (χ3v) is 3.42. The van der Waals surface area contributed by atoms with Crippen LogP contribution in [-0.2, 0) is 0 Å². The molecule has 15 heavy (non-hydrogen) atoms. The predicted molar refractivity (Wildman–Crippen MR) is 69.0 cm³/mol. The highest BCUT2D eigenvalue weighted by Crippen LogP contribution is 2.31. The van der Waals surface area contributed by atoms with Crippen LogP contribution in [0.1, 0.15) is 0 Å². The molecule has 0 aromatic heterocycles. The number of para-hydroxylation sites is 1. The van der Waals surface area contributed by atoms with Crippen LogP contribution in [0.15, 0.2) is 46.9 Å². The Morgan fingerprint density at radius 3 is 2.47 bits per heavy atom. The summed E-state index contributed by atoms with van der Waals surface area (Å²) in [7, 11) is 0. The summed E-state index contributed by atoms with van der Waals surface area (Å²) < 4.78 is 0.891. The zero-order chi connectivity index (χ0) is 10.8. The van der Waals surface area contributed by atoms with Crippen molar-refractivity contribution in [2.45, 2.75) is 0 Å². The van der Waals surface area contributed by atoms with E-state index in [1.807, 2.05) is 42.5 Å². The van der Waals surface area contributed by atoms with Gasteiger partial charge in [-0.3, -0.25) is 0 Å². The first kappa shape index (κ1) is 10.5. The molecular weight excluding hydrogens is 273 g/mol. The van der Waals surface area contributed by atoms with Crippen molar-refractivity contribution in [2.75, 3.05) is 5.73 Å². The lowest BCUT2D eigenvalue weighted by molar-refractivity contribution is 1.59. The number of nitrogen functional groups attached to an aromatic ring is 1. The summed E-state index contributed by atoms with van der Waals surface area (Å²) in [4.78, 5) is 0. The molecule has 0 heterocycles. The molecule has 0 spiro atoms. The summed E-state index contributed by atoms with van der Waals surface area (Å²) in [6, 6.07) is 13.5. The Morgan fingerprint density at radius 1 is 1.07 bits per heavy atom. The highest BCUT2D eigenvalue weighted by Gasteiger charge is 2.03. The number of nitrogens with two attached hydrogens (primary N) is 1. The monoisotopic (exact) mass is 281 g/mol. The molecule has 3 heteroatoms. The third-order valence-electron chi connectivity index (χ3n) is 2.19. The van der Waals surface area contributed by atoms with Crippen LogP contribution < -0.4 is 5.73 Å². The van der Waals surface area contributed by atoms with E-state index in [1.54, 1.807) is 0 Å². The highest BCUT2D eigenvalue weighted by molar-refractivity contribution is 9.10. The van der Waals surface area contributed by atoms with Crippen LogP contribution >= 0.6 is 27.5 Å². The minimum Gasteiger partial charge on any atom is -0.398 e. The molecule has 2 N–H and O–H groups in total. The third kappa shape index (κ3) is 2.16. The molecule has 1 nitrogen and oxygen atoms in total. The first-order valence-electron chi connectivity index (χ1n) is 4.48. The van der Waals surface area contributed by atoms with E-state index in [2.05, 4.69) is 15.9 Å².